The summed E-state index contributed by atoms with van der Waals surface area (Å²) in [5, 5.41) is 0.580. The first kappa shape index (κ1) is 16.7. The standard InChI is InChI=1S/C18H11F3N2O2S/c19-18(20,21)10-5-6-14-13(9-10)22-15(26-14)7-8-23-16(24)11-3-1-2-4-12(11)17(23)25/h1-6,9H,7-8H2. The third-order valence-corrected chi connectivity index (χ3v) is 5.28. The van der Waals surface area contributed by atoms with Crippen LogP contribution in [0.2, 0.25) is 0 Å². The van der Waals surface area contributed by atoms with Crippen molar-refractivity contribution in [2.24, 2.45) is 0 Å². The van der Waals surface area contributed by atoms with Gasteiger partial charge in [-0.25, -0.2) is 4.98 Å². The molecule has 0 aliphatic carbocycles. The molecule has 3 aromatic rings. The highest BCUT2D eigenvalue weighted by molar-refractivity contribution is 7.18. The molecule has 0 spiro atoms. The van der Waals surface area contributed by atoms with Crippen molar-refractivity contribution in [3.05, 3.63) is 64.2 Å². The molecule has 132 valence electrons. The lowest BCUT2D eigenvalue weighted by molar-refractivity contribution is -0.137. The van der Waals surface area contributed by atoms with Gasteiger partial charge in [0.15, 0.2) is 0 Å². The molecule has 0 radical (unpaired) electrons. The summed E-state index contributed by atoms with van der Waals surface area (Å²) in [5.74, 6) is -0.711. The second-order valence-electron chi connectivity index (χ2n) is 5.85. The van der Waals surface area contributed by atoms with E-state index in [1.807, 2.05) is 0 Å². The smallest absolute Gasteiger partial charge is 0.274 e. The van der Waals surface area contributed by atoms with Gasteiger partial charge in [-0.3, -0.25) is 14.5 Å². The summed E-state index contributed by atoms with van der Waals surface area (Å²) < 4.78 is 39.0. The fourth-order valence-corrected chi connectivity index (χ4v) is 3.84. The fourth-order valence-electron chi connectivity index (χ4n) is 2.91. The topological polar surface area (TPSA) is 50.3 Å². The number of imide groups is 1. The van der Waals surface area contributed by atoms with Crippen molar-refractivity contribution in [2.75, 3.05) is 6.54 Å². The summed E-state index contributed by atoms with van der Waals surface area (Å²) in [5.41, 5.74) is 0.262. The van der Waals surface area contributed by atoms with Gasteiger partial charge in [-0.2, -0.15) is 13.2 Å². The van der Waals surface area contributed by atoms with E-state index in [2.05, 4.69) is 4.98 Å². The first-order valence-electron chi connectivity index (χ1n) is 7.76. The maximum atomic E-state index is 12.8. The van der Waals surface area contributed by atoms with Gasteiger partial charge in [-0.15, -0.1) is 11.3 Å². The Kier molecular flexibility index (Phi) is 3.80. The minimum absolute atomic E-state index is 0.137. The molecule has 2 amide bonds. The number of hydrogen-bond donors (Lipinski definition) is 0. The van der Waals surface area contributed by atoms with Crippen molar-refractivity contribution in [3.8, 4) is 0 Å². The summed E-state index contributed by atoms with van der Waals surface area (Å²) in [6.07, 6.45) is -4.12. The lowest BCUT2D eigenvalue weighted by atomic mass is 10.1. The number of carbonyl (C=O) groups excluding carboxylic acids is 2. The van der Waals surface area contributed by atoms with Crippen LogP contribution >= 0.6 is 11.3 Å². The Morgan fingerprint density at radius 3 is 2.27 bits per heavy atom. The predicted octanol–water partition coefficient (Wildman–Crippen LogP) is 4.15. The Morgan fingerprint density at radius 2 is 1.65 bits per heavy atom. The van der Waals surface area contributed by atoms with Crippen molar-refractivity contribution >= 4 is 33.4 Å². The number of alkyl halides is 3. The molecular formula is C18H11F3N2O2S. The van der Waals surface area contributed by atoms with Crippen LogP contribution in [0.3, 0.4) is 0 Å². The van der Waals surface area contributed by atoms with E-state index in [1.54, 1.807) is 24.3 Å². The Hall–Kier alpha value is -2.74. The summed E-state index contributed by atoms with van der Waals surface area (Å²) in [7, 11) is 0. The molecule has 1 aliphatic rings. The highest BCUT2D eigenvalue weighted by Crippen LogP contribution is 2.33. The number of rotatable bonds is 3. The quantitative estimate of drug-likeness (QED) is 0.645. The zero-order valence-electron chi connectivity index (χ0n) is 13.2. The van der Waals surface area contributed by atoms with Crippen LogP contribution in [-0.4, -0.2) is 28.2 Å². The molecule has 4 rings (SSSR count). The third-order valence-electron chi connectivity index (χ3n) is 4.19. The molecule has 1 aliphatic heterocycles. The van der Waals surface area contributed by atoms with Gasteiger partial charge in [0.2, 0.25) is 0 Å². The van der Waals surface area contributed by atoms with Crippen LogP contribution in [0.1, 0.15) is 31.3 Å². The minimum Gasteiger partial charge on any atom is -0.274 e. The average Bonchev–Trinajstić information content (AvgIpc) is 3.12. The molecule has 0 saturated carbocycles. The number of halogens is 3. The van der Waals surface area contributed by atoms with Crippen molar-refractivity contribution in [1.29, 1.82) is 0 Å². The van der Waals surface area contributed by atoms with Crippen molar-refractivity contribution in [2.45, 2.75) is 12.6 Å². The minimum atomic E-state index is -4.42. The molecule has 0 N–H and O–H groups in total. The molecule has 0 unspecified atom stereocenters. The Morgan fingerprint density at radius 1 is 1.00 bits per heavy atom. The number of amides is 2. The van der Waals surface area contributed by atoms with E-state index in [9.17, 15) is 22.8 Å². The molecule has 4 nitrogen and oxygen atoms in total. The molecule has 1 aromatic heterocycles. The first-order valence-corrected chi connectivity index (χ1v) is 8.58. The highest BCUT2D eigenvalue weighted by atomic mass is 32.1. The third kappa shape index (κ3) is 2.76. The van der Waals surface area contributed by atoms with E-state index in [4.69, 9.17) is 0 Å². The molecule has 8 heteroatoms. The van der Waals surface area contributed by atoms with E-state index >= 15 is 0 Å². The molecule has 0 saturated heterocycles. The second-order valence-corrected chi connectivity index (χ2v) is 6.96. The van der Waals surface area contributed by atoms with Crippen molar-refractivity contribution in [1.82, 2.24) is 9.88 Å². The number of hydrogen-bond acceptors (Lipinski definition) is 4. The summed E-state index contributed by atoms with van der Waals surface area (Å²) in [6, 6.07) is 10.0. The number of benzene rings is 2. The zero-order valence-corrected chi connectivity index (χ0v) is 14.0. The highest BCUT2D eigenvalue weighted by Gasteiger charge is 2.35. The summed E-state index contributed by atoms with van der Waals surface area (Å²) in [4.78, 5) is 30.0. The van der Waals surface area contributed by atoms with Crippen LogP contribution in [0, 0.1) is 0 Å². The number of nitrogens with zero attached hydrogens (tertiary/aromatic N) is 2. The van der Waals surface area contributed by atoms with Crippen LogP contribution in [0.15, 0.2) is 42.5 Å². The molecule has 0 bridgehead atoms. The van der Waals surface area contributed by atoms with Crippen molar-refractivity contribution in [3.63, 3.8) is 0 Å². The SMILES string of the molecule is O=C1c2ccccc2C(=O)N1CCc1nc2cc(C(F)(F)F)ccc2s1. The van der Waals surface area contributed by atoms with Gasteiger partial charge in [-0.1, -0.05) is 12.1 Å². The first-order chi connectivity index (χ1) is 12.3. The molecule has 26 heavy (non-hydrogen) atoms. The number of fused-ring (bicyclic) bond motifs is 2. The fraction of sp³-hybridized carbons (Fsp3) is 0.167. The van der Waals surface area contributed by atoms with Gasteiger partial charge in [0.25, 0.3) is 11.8 Å². The van der Waals surface area contributed by atoms with Crippen LogP contribution in [0.25, 0.3) is 10.2 Å². The second kappa shape index (κ2) is 5.91. The van der Waals surface area contributed by atoms with Gasteiger partial charge in [0, 0.05) is 13.0 Å². The van der Waals surface area contributed by atoms with Crippen LogP contribution < -0.4 is 0 Å². The number of thiazole rings is 1. The van der Waals surface area contributed by atoms with E-state index in [1.165, 1.54) is 17.4 Å². The van der Waals surface area contributed by atoms with Gasteiger partial charge >= 0.3 is 6.18 Å². The van der Waals surface area contributed by atoms with E-state index < -0.39 is 11.7 Å². The van der Waals surface area contributed by atoms with E-state index in [0.717, 1.165) is 17.0 Å². The summed E-state index contributed by atoms with van der Waals surface area (Å²) in [6.45, 7) is 0.137. The lowest BCUT2D eigenvalue weighted by Gasteiger charge is -2.12. The van der Waals surface area contributed by atoms with Crippen LogP contribution in [0.4, 0.5) is 13.2 Å². The molecular weight excluding hydrogens is 365 g/mol. The van der Waals surface area contributed by atoms with E-state index in [-0.39, 0.29) is 23.9 Å². The number of aromatic nitrogens is 1. The van der Waals surface area contributed by atoms with Gasteiger partial charge in [0.05, 0.1) is 31.9 Å². The van der Waals surface area contributed by atoms with Gasteiger partial charge in [-0.05, 0) is 30.3 Å². The van der Waals surface area contributed by atoms with Gasteiger partial charge < -0.3 is 0 Å². The van der Waals surface area contributed by atoms with Crippen LogP contribution in [0.5, 0.6) is 0 Å². The Bertz CT molecular complexity index is 1010. The zero-order chi connectivity index (χ0) is 18.5. The van der Waals surface area contributed by atoms with Crippen molar-refractivity contribution < 1.29 is 22.8 Å². The Labute approximate surface area is 149 Å². The summed E-state index contributed by atoms with van der Waals surface area (Å²) >= 11 is 1.26. The largest absolute Gasteiger partial charge is 0.416 e. The number of carbonyl (C=O) groups is 2. The monoisotopic (exact) mass is 376 g/mol. The molecule has 0 fully saturated rings. The maximum absolute atomic E-state index is 12.8. The lowest BCUT2D eigenvalue weighted by Crippen LogP contribution is -2.31. The molecule has 0 atom stereocenters. The Balaban J connectivity index is 1.54. The normalized spacial score (nSPS) is 14.3. The van der Waals surface area contributed by atoms with Crippen LogP contribution in [-0.2, 0) is 12.6 Å². The predicted molar refractivity (Wildman–Crippen MR) is 90.1 cm³/mol. The average molecular weight is 376 g/mol. The van der Waals surface area contributed by atoms with Gasteiger partial charge in [0.1, 0.15) is 0 Å². The molecule has 2 heterocycles. The molecule has 2 aromatic carbocycles. The maximum Gasteiger partial charge on any atom is 0.416 e. The van der Waals surface area contributed by atoms with E-state index in [0.29, 0.717) is 27.3 Å².